The van der Waals surface area contributed by atoms with Gasteiger partial charge >= 0.3 is 5.51 Å². The number of hydrogen-bond acceptors (Lipinski definition) is 6. The van der Waals surface area contributed by atoms with E-state index >= 15 is 0 Å². The summed E-state index contributed by atoms with van der Waals surface area (Å²) in [5, 5.41) is 0. The molecule has 1 aliphatic heterocycles. The van der Waals surface area contributed by atoms with Crippen molar-refractivity contribution in [1.82, 2.24) is 0 Å². The van der Waals surface area contributed by atoms with E-state index in [0.29, 0.717) is 29.5 Å². The molecule has 31 heavy (non-hydrogen) atoms. The van der Waals surface area contributed by atoms with E-state index < -0.39 is 31.9 Å². The third-order valence-corrected chi connectivity index (χ3v) is 10.2. The lowest BCUT2D eigenvalue weighted by Gasteiger charge is -2.31. The van der Waals surface area contributed by atoms with Gasteiger partial charge in [-0.05, 0) is 69.2 Å². The molecule has 0 N–H and O–H groups in total. The maximum Gasteiger partial charge on any atom is 0.480 e. The van der Waals surface area contributed by atoms with Gasteiger partial charge in [0.2, 0.25) is 10.3 Å². The summed E-state index contributed by atoms with van der Waals surface area (Å²) in [7, 11) is -11.1. The van der Waals surface area contributed by atoms with Gasteiger partial charge in [-0.15, -0.1) is 0 Å². The van der Waals surface area contributed by atoms with E-state index in [1.54, 1.807) is 0 Å². The predicted octanol–water partition coefficient (Wildman–Crippen LogP) is 4.02. The fourth-order valence-electron chi connectivity index (χ4n) is 3.57. The monoisotopic (exact) mass is 503 g/mol. The lowest BCUT2D eigenvalue weighted by Crippen LogP contribution is -2.31. The zero-order chi connectivity index (χ0) is 22.7. The summed E-state index contributed by atoms with van der Waals surface area (Å²) in [5.41, 5.74) is -5.80. The first-order chi connectivity index (χ1) is 14.5. The van der Waals surface area contributed by atoms with E-state index in [1.807, 2.05) is 16.3 Å². The molecule has 1 heterocycles. The first-order valence-electron chi connectivity index (χ1n) is 9.88. The van der Waals surface area contributed by atoms with Crippen molar-refractivity contribution in [3.63, 3.8) is 0 Å². The summed E-state index contributed by atoms with van der Waals surface area (Å²) in [6.07, 6.45) is 3.88. The van der Waals surface area contributed by atoms with E-state index in [2.05, 4.69) is 16.3 Å². The Kier molecular flexibility index (Phi) is 7.83. The second-order valence-electron chi connectivity index (χ2n) is 7.47. The zero-order valence-electron chi connectivity index (χ0n) is 16.6. The van der Waals surface area contributed by atoms with E-state index in [0.717, 1.165) is 0 Å². The van der Waals surface area contributed by atoms with Crippen LogP contribution in [0.15, 0.2) is 29.2 Å². The van der Waals surface area contributed by atoms with Crippen LogP contribution in [0.25, 0.3) is 4.13 Å². The molecular weight excluding hydrogens is 479 g/mol. The molecule has 7 nitrogen and oxygen atoms in total. The minimum Gasteiger partial charge on any atom is -0.490 e. The number of nitrogens with zero attached hydrogens (tertiary/aromatic N) is 1. The van der Waals surface area contributed by atoms with Crippen molar-refractivity contribution in [2.45, 2.75) is 67.6 Å². The van der Waals surface area contributed by atoms with E-state index in [4.69, 9.17) is 4.74 Å². The maximum absolute atomic E-state index is 12.3. The van der Waals surface area contributed by atoms with Gasteiger partial charge in [0.1, 0.15) is 17.3 Å². The topological polar surface area (TPSA) is 101 Å². The Hall–Kier alpha value is -1.02. The molecule has 1 aromatic rings. The van der Waals surface area contributed by atoms with Crippen molar-refractivity contribution in [2.75, 3.05) is 11.5 Å². The van der Waals surface area contributed by atoms with Crippen molar-refractivity contribution in [1.29, 1.82) is 0 Å². The van der Waals surface area contributed by atoms with Crippen LogP contribution in [0, 0.1) is 0 Å². The summed E-state index contributed by atoms with van der Waals surface area (Å²) in [6.45, 7) is 0. The highest BCUT2D eigenvalue weighted by Crippen LogP contribution is 2.33. The quantitative estimate of drug-likeness (QED) is 0.521. The van der Waals surface area contributed by atoms with Gasteiger partial charge in [0.25, 0.3) is 0 Å². The highest BCUT2D eigenvalue weighted by Gasteiger charge is 2.41. The van der Waals surface area contributed by atoms with Gasteiger partial charge in [-0.2, -0.15) is 13.2 Å². The molecule has 0 bridgehead atoms. The van der Waals surface area contributed by atoms with Gasteiger partial charge in [0.15, 0.2) is 14.9 Å². The third kappa shape index (κ3) is 6.98. The summed E-state index contributed by atoms with van der Waals surface area (Å²) >= 11 is 0. The van der Waals surface area contributed by atoms with Gasteiger partial charge < -0.3 is 8.86 Å². The van der Waals surface area contributed by atoms with Crippen LogP contribution in [0.4, 0.5) is 13.2 Å². The average Bonchev–Trinajstić information content (AvgIpc) is 2.69. The van der Waals surface area contributed by atoms with Crippen molar-refractivity contribution in [3.05, 3.63) is 28.4 Å². The molecule has 3 rings (SSSR count). The first kappa shape index (κ1) is 24.6. The van der Waals surface area contributed by atoms with Crippen LogP contribution in [0.5, 0.6) is 5.75 Å². The lowest BCUT2D eigenvalue weighted by molar-refractivity contribution is -0.0425. The zero-order valence-corrected chi connectivity index (χ0v) is 19.0. The van der Waals surface area contributed by atoms with Crippen molar-refractivity contribution >= 4 is 31.2 Å². The molecule has 1 aromatic carbocycles. The van der Waals surface area contributed by atoms with E-state index in [-0.39, 0.29) is 18.9 Å². The lowest BCUT2D eigenvalue weighted by atomic mass is 9.95. The Morgan fingerprint density at radius 3 is 1.97 bits per heavy atom. The Balaban J connectivity index is 1.47. The number of sulfonamides is 1. The number of hydrogen-bond donors (Lipinski definition) is 0. The van der Waals surface area contributed by atoms with Gasteiger partial charge in [0.05, 0.1) is 12.2 Å². The fourth-order valence-corrected chi connectivity index (χ4v) is 7.85. The Bertz CT molecular complexity index is 937. The molecule has 0 radical (unpaired) electrons. The molecule has 1 saturated heterocycles. The van der Waals surface area contributed by atoms with Crippen LogP contribution in [0.1, 0.15) is 44.9 Å². The van der Waals surface area contributed by atoms with E-state index in [1.165, 1.54) is 35.7 Å². The molecule has 0 unspecified atom stereocenters. The normalized spacial score (nSPS) is 24.1. The molecule has 0 atom stereocenters. The second kappa shape index (κ2) is 9.86. The number of ether oxygens (including phenoxy) is 1. The number of alkyl halides is 3. The van der Waals surface area contributed by atoms with Crippen LogP contribution in [0.2, 0.25) is 0 Å². The Morgan fingerprint density at radius 1 is 0.871 bits per heavy atom. The minimum absolute atomic E-state index is 0.188. The molecule has 176 valence electrons. The third-order valence-electron chi connectivity index (χ3n) is 5.10. The molecule has 0 aromatic heterocycles. The fraction of sp³-hybridized carbons (Fsp3) is 0.667. The standard InChI is InChI=1S/C18H24F3NO6S3/c19-18(20,21)30(23,24)22-31(25,26)28-16-6-4-14(5-7-16)27-15-8-10-17(11-9-15)29-12-2-1-3-13-29/h8-11,14,16H,1-7,12-13H2. The van der Waals surface area contributed by atoms with Gasteiger partial charge in [-0.25, -0.2) is 16.8 Å². The summed E-state index contributed by atoms with van der Waals surface area (Å²) in [6, 6.07) is 8.00. The van der Waals surface area contributed by atoms with Gasteiger partial charge in [-0.1, -0.05) is 0 Å². The molecule has 13 heteroatoms. The molecule has 2 fully saturated rings. The molecule has 0 spiro atoms. The highest BCUT2D eigenvalue weighted by molar-refractivity contribution is 8.10. The minimum atomic E-state index is -6.18. The van der Waals surface area contributed by atoms with Crippen LogP contribution in [0.3, 0.4) is 0 Å². The molecule has 2 aliphatic rings. The van der Waals surface area contributed by atoms with Crippen LogP contribution < -0.4 is 4.74 Å². The summed E-state index contributed by atoms with van der Waals surface area (Å²) < 4.78 is 94.4. The van der Waals surface area contributed by atoms with Crippen molar-refractivity contribution in [2.24, 2.45) is 0 Å². The SMILES string of the molecule is O=S(=O)([N-]S(=O)(=O)C(F)(F)F)OC1CCC(Oc2ccc([S+]3CCCCC3)cc2)CC1. The molecular formula is C18H24F3NO6S3. The first-order valence-corrected chi connectivity index (χ1v) is 14.2. The Morgan fingerprint density at radius 2 is 1.42 bits per heavy atom. The maximum atomic E-state index is 12.3. The van der Waals surface area contributed by atoms with Crippen molar-refractivity contribution in [3.8, 4) is 5.75 Å². The average molecular weight is 504 g/mol. The smallest absolute Gasteiger partial charge is 0.480 e. The van der Waals surface area contributed by atoms with E-state index in [9.17, 15) is 30.0 Å². The Labute approximate surface area is 183 Å². The van der Waals surface area contributed by atoms with Gasteiger partial charge in [-0.3, -0.25) is 4.18 Å². The van der Waals surface area contributed by atoms with Crippen LogP contribution >= 0.6 is 0 Å². The molecule has 0 amide bonds. The van der Waals surface area contributed by atoms with Crippen LogP contribution in [-0.4, -0.2) is 46.1 Å². The van der Waals surface area contributed by atoms with Gasteiger partial charge in [0, 0.05) is 10.9 Å². The number of benzene rings is 1. The largest absolute Gasteiger partial charge is 0.490 e. The van der Waals surface area contributed by atoms with Crippen molar-refractivity contribution < 1.29 is 38.9 Å². The number of halogens is 3. The molecule has 1 aliphatic carbocycles. The second-order valence-corrected chi connectivity index (χ2v) is 12.8. The molecule has 1 saturated carbocycles. The summed E-state index contributed by atoms with van der Waals surface area (Å²) in [4.78, 5) is 1.33. The van der Waals surface area contributed by atoms with Crippen LogP contribution in [-0.2, 0) is 35.4 Å². The number of rotatable bonds is 7. The highest BCUT2D eigenvalue weighted by atomic mass is 32.3. The summed E-state index contributed by atoms with van der Waals surface area (Å²) in [5.74, 6) is 3.15. The predicted molar refractivity (Wildman–Crippen MR) is 111 cm³/mol.